The number of halogens is 1. The maximum atomic E-state index is 13.5. The highest BCUT2D eigenvalue weighted by Crippen LogP contribution is 2.27. The lowest BCUT2D eigenvalue weighted by molar-refractivity contribution is 0.628. The largest absolute Gasteiger partial charge is 0.348 e. The van der Waals surface area contributed by atoms with Gasteiger partial charge in [0, 0.05) is 24.2 Å². The Bertz CT molecular complexity index is 1350. The summed E-state index contributed by atoms with van der Waals surface area (Å²) in [5, 5.41) is 3.36. The van der Waals surface area contributed by atoms with Crippen molar-refractivity contribution in [1.82, 2.24) is 24.5 Å². The van der Waals surface area contributed by atoms with E-state index >= 15 is 0 Å². The maximum Gasteiger partial charge on any atom is 0.225 e. The Labute approximate surface area is 190 Å². The summed E-state index contributed by atoms with van der Waals surface area (Å²) in [4.78, 5) is 18.3. The first-order valence-electron chi connectivity index (χ1n) is 10.6. The van der Waals surface area contributed by atoms with Crippen LogP contribution < -0.4 is 5.32 Å². The number of hydrogen-bond donors (Lipinski definition) is 1. The van der Waals surface area contributed by atoms with Gasteiger partial charge in [-0.3, -0.25) is 9.55 Å². The van der Waals surface area contributed by atoms with Gasteiger partial charge >= 0.3 is 0 Å². The van der Waals surface area contributed by atoms with E-state index in [1.165, 1.54) is 12.1 Å². The Hall–Kier alpha value is -4.39. The fourth-order valence-corrected chi connectivity index (χ4v) is 3.57. The lowest BCUT2D eigenvalue weighted by atomic mass is 10.1. The molecular weight excluding hydrogens is 415 g/mol. The van der Waals surface area contributed by atoms with Crippen molar-refractivity contribution in [3.05, 3.63) is 109 Å². The van der Waals surface area contributed by atoms with Crippen LogP contribution in [0.5, 0.6) is 0 Å². The number of anilines is 1. The van der Waals surface area contributed by atoms with E-state index in [9.17, 15) is 4.39 Å². The van der Waals surface area contributed by atoms with Gasteiger partial charge in [0.25, 0.3) is 0 Å². The molecule has 2 aromatic carbocycles. The molecule has 0 bridgehead atoms. The number of aromatic nitrogens is 5. The van der Waals surface area contributed by atoms with E-state index in [4.69, 9.17) is 9.97 Å². The lowest BCUT2D eigenvalue weighted by Crippen LogP contribution is -2.10. The predicted octanol–water partition coefficient (Wildman–Crippen LogP) is 5.70. The molecule has 0 aliphatic carbocycles. The zero-order valence-electron chi connectivity index (χ0n) is 17.9. The number of nitrogens with zero attached hydrogens (tertiary/aromatic N) is 5. The molecule has 0 radical (unpaired) electrons. The number of pyridine rings is 1. The summed E-state index contributed by atoms with van der Waals surface area (Å²) in [7, 11) is 0. The summed E-state index contributed by atoms with van der Waals surface area (Å²) in [6, 6.07) is 23.9. The maximum absolute atomic E-state index is 13.5. The van der Waals surface area contributed by atoms with Crippen molar-refractivity contribution in [3.8, 4) is 28.6 Å². The minimum Gasteiger partial charge on any atom is -0.348 e. The molecule has 0 unspecified atom stereocenters. The Balaban J connectivity index is 1.55. The van der Waals surface area contributed by atoms with Crippen molar-refractivity contribution in [2.75, 3.05) is 5.32 Å². The summed E-state index contributed by atoms with van der Waals surface area (Å²) < 4.78 is 15.4. The van der Waals surface area contributed by atoms with E-state index in [0.29, 0.717) is 23.3 Å². The third-order valence-electron chi connectivity index (χ3n) is 5.27. The Morgan fingerprint density at radius 2 is 1.58 bits per heavy atom. The number of imidazole rings is 1. The monoisotopic (exact) mass is 436 g/mol. The van der Waals surface area contributed by atoms with Gasteiger partial charge in [0.15, 0.2) is 0 Å². The average Bonchev–Trinajstić information content (AvgIpc) is 3.31. The predicted molar refractivity (Wildman–Crippen MR) is 126 cm³/mol. The quantitative estimate of drug-likeness (QED) is 0.370. The third kappa shape index (κ3) is 4.48. The molecule has 0 fully saturated rings. The molecule has 33 heavy (non-hydrogen) atoms. The van der Waals surface area contributed by atoms with E-state index in [0.717, 1.165) is 16.8 Å². The van der Waals surface area contributed by atoms with Gasteiger partial charge in [-0.15, -0.1) is 0 Å². The van der Waals surface area contributed by atoms with Crippen LogP contribution in [0.2, 0.25) is 0 Å². The van der Waals surface area contributed by atoms with E-state index in [1.807, 2.05) is 53.2 Å². The summed E-state index contributed by atoms with van der Waals surface area (Å²) in [5.74, 6) is 1.48. The van der Waals surface area contributed by atoms with Crippen molar-refractivity contribution >= 4 is 5.95 Å². The van der Waals surface area contributed by atoms with Gasteiger partial charge < -0.3 is 5.32 Å². The lowest BCUT2D eigenvalue weighted by Gasteiger charge is -2.15. The topological polar surface area (TPSA) is 68.5 Å². The molecule has 3 aromatic heterocycles. The van der Waals surface area contributed by atoms with Gasteiger partial charge in [-0.25, -0.2) is 14.4 Å². The standard InChI is InChI=1S/C26H21FN6/c1-18(19-7-3-2-4-8-19)30-26-29-16-14-24(32-26)33-17-23(22-9-5-6-15-28-22)31-25(33)20-10-12-21(27)13-11-20/h2-18H,1H3,(H,29,30,32)/t18-/m0/s1. The molecule has 162 valence electrons. The molecule has 7 heteroatoms. The van der Waals surface area contributed by atoms with Gasteiger partial charge in [-0.1, -0.05) is 36.4 Å². The highest BCUT2D eigenvalue weighted by atomic mass is 19.1. The molecule has 0 saturated heterocycles. The second-order valence-electron chi connectivity index (χ2n) is 7.56. The average molecular weight is 436 g/mol. The van der Waals surface area contributed by atoms with Crippen molar-refractivity contribution < 1.29 is 4.39 Å². The minimum atomic E-state index is -0.301. The molecule has 0 spiro atoms. The second-order valence-corrected chi connectivity index (χ2v) is 7.56. The first kappa shape index (κ1) is 20.5. The second kappa shape index (κ2) is 9.00. The molecule has 0 aliphatic rings. The van der Waals surface area contributed by atoms with Gasteiger partial charge in [0.1, 0.15) is 23.2 Å². The summed E-state index contributed by atoms with van der Waals surface area (Å²) in [5.41, 5.74) is 3.34. The number of nitrogens with one attached hydrogen (secondary N) is 1. The molecule has 6 nitrogen and oxygen atoms in total. The van der Waals surface area contributed by atoms with E-state index in [1.54, 1.807) is 24.5 Å². The van der Waals surface area contributed by atoms with Crippen LogP contribution in [0.15, 0.2) is 97.5 Å². The van der Waals surface area contributed by atoms with Crippen LogP contribution in [-0.4, -0.2) is 24.5 Å². The summed E-state index contributed by atoms with van der Waals surface area (Å²) in [6.45, 7) is 2.06. The van der Waals surface area contributed by atoms with Gasteiger partial charge in [0.05, 0.1) is 11.7 Å². The van der Waals surface area contributed by atoms with E-state index < -0.39 is 0 Å². The van der Waals surface area contributed by atoms with Crippen molar-refractivity contribution in [2.24, 2.45) is 0 Å². The molecular formula is C26H21FN6. The van der Waals surface area contributed by atoms with Crippen LogP contribution in [0.3, 0.4) is 0 Å². The van der Waals surface area contributed by atoms with Crippen molar-refractivity contribution in [2.45, 2.75) is 13.0 Å². The van der Waals surface area contributed by atoms with Crippen LogP contribution >= 0.6 is 0 Å². The van der Waals surface area contributed by atoms with Crippen LogP contribution in [0.4, 0.5) is 10.3 Å². The van der Waals surface area contributed by atoms with Gasteiger partial charge in [-0.05, 0) is 55.0 Å². The molecule has 0 saturated carbocycles. The molecule has 5 rings (SSSR count). The molecule has 1 N–H and O–H groups in total. The molecule has 0 aliphatic heterocycles. The van der Waals surface area contributed by atoms with Crippen LogP contribution in [0.1, 0.15) is 18.5 Å². The summed E-state index contributed by atoms with van der Waals surface area (Å²) in [6.07, 6.45) is 5.31. The van der Waals surface area contributed by atoms with Gasteiger partial charge in [-0.2, -0.15) is 4.98 Å². The highest BCUT2D eigenvalue weighted by Gasteiger charge is 2.16. The Kier molecular flexibility index (Phi) is 5.59. The fraction of sp³-hybridized carbons (Fsp3) is 0.0769. The Morgan fingerprint density at radius 3 is 2.33 bits per heavy atom. The van der Waals surface area contributed by atoms with Gasteiger partial charge in [0.2, 0.25) is 5.95 Å². The van der Waals surface area contributed by atoms with Crippen LogP contribution in [0.25, 0.3) is 28.6 Å². The van der Waals surface area contributed by atoms with E-state index in [-0.39, 0.29) is 11.9 Å². The normalized spacial score (nSPS) is 11.8. The molecule has 3 heterocycles. The number of rotatable bonds is 6. The Morgan fingerprint density at radius 1 is 0.788 bits per heavy atom. The third-order valence-corrected chi connectivity index (χ3v) is 5.27. The molecule has 1 atom stereocenters. The molecule has 5 aromatic rings. The van der Waals surface area contributed by atoms with Crippen molar-refractivity contribution in [1.29, 1.82) is 0 Å². The zero-order valence-corrected chi connectivity index (χ0v) is 17.9. The summed E-state index contributed by atoms with van der Waals surface area (Å²) >= 11 is 0. The number of hydrogen-bond acceptors (Lipinski definition) is 5. The van der Waals surface area contributed by atoms with Crippen molar-refractivity contribution in [3.63, 3.8) is 0 Å². The number of benzene rings is 2. The highest BCUT2D eigenvalue weighted by molar-refractivity contribution is 5.65. The first-order valence-corrected chi connectivity index (χ1v) is 10.6. The zero-order chi connectivity index (χ0) is 22.6. The van der Waals surface area contributed by atoms with Crippen LogP contribution in [-0.2, 0) is 0 Å². The van der Waals surface area contributed by atoms with E-state index in [2.05, 4.69) is 34.3 Å². The smallest absolute Gasteiger partial charge is 0.225 e. The fourth-order valence-electron chi connectivity index (χ4n) is 3.57. The minimum absolute atomic E-state index is 0.0323. The first-order chi connectivity index (χ1) is 16.2. The molecule has 0 amide bonds. The van der Waals surface area contributed by atoms with Crippen LogP contribution in [0, 0.1) is 5.82 Å². The SMILES string of the molecule is C[C@H](Nc1nccc(-n2cc(-c3ccccn3)nc2-c2ccc(F)cc2)n1)c1ccccc1.